The number of rotatable bonds is 3. The van der Waals surface area contributed by atoms with Crippen molar-refractivity contribution < 1.29 is 14.5 Å². The SMILES string of the molecule is COc1cc([N+](=O)[O-])cc(C=O)n1. The summed E-state index contributed by atoms with van der Waals surface area (Å²) in [6, 6.07) is 2.22. The third-order valence-corrected chi connectivity index (χ3v) is 1.35. The molecular formula is C7H6N2O4. The molecule has 0 saturated heterocycles. The second-order valence-electron chi connectivity index (χ2n) is 2.17. The average Bonchev–Trinajstić information content (AvgIpc) is 2.16. The Morgan fingerprint density at radius 1 is 1.62 bits per heavy atom. The molecule has 0 bridgehead atoms. The van der Waals surface area contributed by atoms with Gasteiger partial charge in [0.05, 0.1) is 18.1 Å². The van der Waals surface area contributed by atoms with E-state index < -0.39 is 4.92 Å². The van der Waals surface area contributed by atoms with Crippen molar-refractivity contribution in [2.45, 2.75) is 0 Å². The van der Waals surface area contributed by atoms with E-state index in [1.807, 2.05) is 0 Å². The lowest BCUT2D eigenvalue weighted by molar-refractivity contribution is -0.385. The number of hydrogen-bond acceptors (Lipinski definition) is 5. The van der Waals surface area contributed by atoms with Crippen LogP contribution in [0.4, 0.5) is 5.69 Å². The number of hydrogen-bond donors (Lipinski definition) is 0. The van der Waals surface area contributed by atoms with Gasteiger partial charge < -0.3 is 4.74 Å². The lowest BCUT2D eigenvalue weighted by Crippen LogP contribution is -1.96. The summed E-state index contributed by atoms with van der Waals surface area (Å²) in [5.41, 5.74) is -0.236. The highest BCUT2D eigenvalue weighted by molar-refractivity contribution is 5.73. The monoisotopic (exact) mass is 182 g/mol. The highest BCUT2D eigenvalue weighted by Gasteiger charge is 2.10. The highest BCUT2D eigenvalue weighted by atomic mass is 16.6. The van der Waals surface area contributed by atoms with Crippen LogP contribution in [0.2, 0.25) is 0 Å². The fourth-order valence-corrected chi connectivity index (χ4v) is 0.782. The van der Waals surface area contributed by atoms with Gasteiger partial charge >= 0.3 is 0 Å². The van der Waals surface area contributed by atoms with Crippen molar-refractivity contribution in [3.8, 4) is 5.88 Å². The van der Waals surface area contributed by atoms with Crippen LogP contribution in [0.5, 0.6) is 5.88 Å². The number of pyridine rings is 1. The number of nitrogens with zero attached hydrogens (tertiary/aromatic N) is 2. The maximum absolute atomic E-state index is 10.3. The van der Waals surface area contributed by atoms with Crippen molar-refractivity contribution >= 4 is 12.0 Å². The van der Waals surface area contributed by atoms with Crippen LogP contribution >= 0.6 is 0 Å². The second-order valence-corrected chi connectivity index (χ2v) is 2.17. The van der Waals surface area contributed by atoms with E-state index in [9.17, 15) is 14.9 Å². The first-order valence-corrected chi connectivity index (χ1v) is 3.33. The molecule has 0 saturated carbocycles. The summed E-state index contributed by atoms with van der Waals surface area (Å²) in [5, 5.41) is 10.3. The van der Waals surface area contributed by atoms with Gasteiger partial charge in [-0.2, -0.15) is 0 Å². The van der Waals surface area contributed by atoms with Crippen molar-refractivity contribution in [3.05, 3.63) is 27.9 Å². The Hall–Kier alpha value is -1.98. The highest BCUT2D eigenvalue weighted by Crippen LogP contribution is 2.17. The van der Waals surface area contributed by atoms with Crippen molar-refractivity contribution in [3.63, 3.8) is 0 Å². The van der Waals surface area contributed by atoms with Crippen LogP contribution in [0, 0.1) is 10.1 Å². The average molecular weight is 182 g/mol. The van der Waals surface area contributed by atoms with Gasteiger partial charge in [-0.15, -0.1) is 0 Å². The Labute approximate surface area is 73.3 Å². The van der Waals surface area contributed by atoms with Crippen LogP contribution in [0.25, 0.3) is 0 Å². The number of carbonyl (C=O) groups excluding carboxylic acids is 1. The molecular weight excluding hydrogens is 176 g/mol. The lowest BCUT2D eigenvalue weighted by Gasteiger charge is -1.98. The fraction of sp³-hybridized carbons (Fsp3) is 0.143. The zero-order chi connectivity index (χ0) is 9.84. The predicted octanol–water partition coefficient (Wildman–Crippen LogP) is 0.811. The third kappa shape index (κ3) is 1.98. The molecule has 6 nitrogen and oxygen atoms in total. The zero-order valence-electron chi connectivity index (χ0n) is 6.76. The summed E-state index contributed by atoms with van der Waals surface area (Å²) in [6.45, 7) is 0. The van der Waals surface area contributed by atoms with Gasteiger partial charge in [0, 0.05) is 6.07 Å². The molecule has 0 fully saturated rings. The number of nitro groups is 1. The van der Waals surface area contributed by atoms with Gasteiger partial charge in [0.2, 0.25) is 5.88 Å². The maximum Gasteiger partial charge on any atom is 0.277 e. The molecule has 1 aromatic rings. The van der Waals surface area contributed by atoms with E-state index in [0.717, 1.165) is 12.1 Å². The quantitative estimate of drug-likeness (QED) is 0.392. The molecule has 13 heavy (non-hydrogen) atoms. The summed E-state index contributed by atoms with van der Waals surface area (Å²) >= 11 is 0. The Balaban J connectivity index is 3.22. The molecule has 0 atom stereocenters. The minimum atomic E-state index is -0.614. The third-order valence-electron chi connectivity index (χ3n) is 1.35. The van der Waals surface area contributed by atoms with Crippen LogP contribution in [0.15, 0.2) is 12.1 Å². The molecule has 6 heteroatoms. The van der Waals surface area contributed by atoms with Gasteiger partial charge in [-0.05, 0) is 0 Å². The molecule has 0 spiro atoms. The maximum atomic E-state index is 10.3. The Morgan fingerprint density at radius 2 is 2.31 bits per heavy atom. The Morgan fingerprint density at radius 3 is 2.77 bits per heavy atom. The van der Waals surface area contributed by atoms with E-state index in [-0.39, 0.29) is 17.3 Å². The number of methoxy groups -OCH3 is 1. The summed E-state index contributed by atoms with van der Waals surface area (Å²) in [7, 11) is 1.32. The van der Waals surface area contributed by atoms with Crippen molar-refractivity contribution in [1.29, 1.82) is 0 Å². The standard InChI is InChI=1S/C7H6N2O4/c1-13-7-3-6(9(11)12)2-5(4-10)8-7/h2-4H,1H3. The topological polar surface area (TPSA) is 82.3 Å². The smallest absolute Gasteiger partial charge is 0.277 e. The van der Waals surface area contributed by atoms with Crippen molar-refractivity contribution in [2.75, 3.05) is 7.11 Å². The van der Waals surface area contributed by atoms with Crippen molar-refractivity contribution in [1.82, 2.24) is 4.98 Å². The zero-order valence-corrected chi connectivity index (χ0v) is 6.76. The molecule has 0 aliphatic carbocycles. The molecule has 0 amide bonds. The van der Waals surface area contributed by atoms with Gasteiger partial charge in [-0.1, -0.05) is 0 Å². The normalized spacial score (nSPS) is 9.31. The van der Waals surface area contributed by atoms with Gasteiger partial charge in [-0.25, -0.2) is 4.98 Å². The molecule has 0 aromatic carbocycles. The van der Waals surface area contributed by atoms with Crippen LogP contribution in [-0.4, -0.2) is 23.3 Å². The van der Waals surface area contributed by atoms with E-state index in [1.165, 1.54) is 7.11 Å². The molecule has 0 aliphatic rings. The summed E-state index contributed by atoms with van der Waals surface area (Å²) in [4.78, 5) is 23.7. The fourth-order valence-electron chi connectivity index (χ4n) is 0.782. The van der Waals surface area contributed by atoms with Crippen LogP contribution in [0.3, 0.4) is 0 Å². The number of aromatic nitrogens is 1. The van der Waals surface area contributed by atoms with E-state index in [4.69, 9.17) is 0 Å². The van der Waals surface area contributed by atoms with Gasteiger partial charge in [0.15, 0.2) is 6.29 Å². The predicted molar refractivity (Wildman–Crippen MR) is 42.8 cm³/mol. The molecule has 0 aliphatic heterocycles. The second kappa shape index (κ2) is 3.61. The van der Waals surface area contributed by atoms with E-state index in [1.54, 1.807) is 0 Å². The van der Waals surface area contributed by atoms with Crippen LogP contribution in [-0.2, 0) is 0 Å². The number of carbonyl (C=O) groups is 1. The van der Waals surface area contributed by atoms with Gasteiger partial charge in [-0.3, -0.25) is 14.9 Å². The minimum Gasteiger partial charge on any atom is -0.481 e. The Kier molecular flexibility index (Phi) is 2.53. The molecule has 0 unspecified atom stereocenters. The first kappa shape index (κ1) is 9.11. The Bertz CT molecular complexity index is 350. The van der Waals surface area contributed by atoms with Crippen molar-refractivity contribution in [2.24, 2.45) is 0 Å². The summed E-state index contributed by atoms with van der Waals surface area (Å²) < 4.78 is 4.67. The van der Waals surface area contributed by atoms with Gasteiger partial charge in [0.1, 0.15) is 5.69 Å². The van der Waals surface area contributed by atoms with Crippen LogP contribution in [0.1, 0.15) is 10.5 Å². The lowest BCUT2D eigenvalue weighted by atomic mass is 10.3. The number of ether oxygens (including phenoxy) is 1. The molecule has 1 rings (SSSR count). The molecule has 68 valence electrons. The van der Waals surface area contributed by atoms with E-state index >= 15 is 0 Å². The largest absolute Gasteiger partial charge is 0.481 e. The molecule has 0 radical (unpaired) electrons. The summed E-state index contributed by atoms with van der Waals surface area (Å²) in [5.74, 6) is 0.0521. The number of aldehydes is 1. The molecule has 0 N–H and O–H groups in total. The molecule has 1 aromatic heterocycles. The van der Waals surface area contributed by atoms with E-state index in [0.29, 0.717) is 6.29 Å². The first-order valence-electron chi connectivity index (χ1n) is 3.33. The van der Waals surface area contributed by atoms with Gasteiger partial charge in [0.25, 0.3) is 5.69 Å². The van der Waals surface area contributed by atoms with Crippen LogP contribution < -0.4 is 4.74 Å². The minimum absolute atomic E-state index is 0.0222. The first-order chi connectivity index (χ1) is 6.17. The van der Waals surface area contributed by atoms with E-state index in [2.05, 4.69) is 9.72 Å². The molecule has 1 heterocycles. The summed E-state index contributed by atoms with van der Waals surface area (Å²) in [6.07, 6.45) is 0.426.